The normalized spacial score (nSPS) is 27.2. The number of rotatable bonds is 19. The summed E-state index contributed by atoms with van der Waals surface area (Å²) in [5, 5.41) is 63.0. The predicted molar refractivity (Wildman–Crippen MR) is 134 cm³/mol. The lowest BCUT2D eigenvalue weighted by Crippen LogP contribution is -2.66. The second-order valence-electron chi connectivity index (χ2n) is 9.75. The summed E-state index contributed by atoms with van der Waals surface area (Å²) in [5.41, 5.74) is 0. The number of nitrogens with one attached hydrogen (secondary N) is 1. The van der Waals surface area contributed by atoms with Crippen LogP contribution in [0.25, 0.3) is 0 Å². The topological polar surface area (TPSA) is 160 Å². The predicted octanol–water partition coefficient (Wildman–Crippen LogP) is 1.26. The number of unbranched alkanes of at least 4 members (excludes halogenated alkanes) is 11. The van der Waals surface area contributed by atoms with Gasteiger partial charge >= 0.3 is 0 Å². The van der Waals surface area contributed by atoms with Crippen LogP contribution in [0.1, 0.15) is 84.0 Å². The van der Waals surface area contributed by atoms with Crippen molar-refractivity contribution in [2.45, 2.75) is 133 Å². The fourth-order valence-electron chi connectivity index (χ4n) is 4.50. The van der Waals surface area contributed by atoms with E-state index >= 15 is 0 Å². The molecule has 0 bridgehead atoms. The molecule has 0 aromatic rings. The molecule has 0 aliphatic carbocycles. The first-order chi connectivity index (χ1) is 17.3. The minimum Gasteiger partial charge on any atom is -0.394 e. The maximum absolute atomic E-state index is 12.8. The minimum absolute atomic E-state index is 0.675. The highest BCUT2D eigenvalue weighted by molar-refractivity contribution is 5.77. The number of amides is 1. The van der Waals surface area contributed by atoms with Crippen molar-refractivity contribution in [2.75, 3.05) is 13.3 Å². The van der Waals surface area contributed by atoms with E-state index in [0.29, 0.717) is 6.42 Å². The van der Waals surface area contributed by atoms with Crippen LogP contribution in [0.4, 0.5) is 4.39 Å². The number of aliphatic hydroxyl groups excluding tert-OH is 6. The van der Waals surface area contributed by atoms with Crippen LogP contribution < -0.4 is 5.32 Å². The van der Waals surface area contributed by atoms with Gasteiger partial charge in [-0.1, -0.05) is 83.3 Å². The fourth-order valence-corrected chi connectivity index (χ4v) is 4.50. The molecule has 1 heterocycles. The number of hydrogen-bond donors (Lipinski definition) is 7. The Morgan fingerprint density at radius 2 is 1.47 bits per heavy atom. The van der Waals surface area contributed by atoms with Crippen LogP contribution >= 0.6 is 0 Å². The average molecular weight is 522 g/mol. The third-order valence-electron chi connectivity index (χ3n) is 6.76. The lowest BCUT2D eigenvalue weighted by atomic mass is 9.88. The van der Waals surface area contributed by atoms with Crippen molar-refractivity contribution >= 4 is 5.91 Å². The number of halogens is 1. The van der Waals surface area contributed by atoms with Crippen LogP contribution in [-0.4, -0.2) is 98.6 Å². The highest BCUT2D eigenvalue weighted by atomic mass is 19.1. The second kappa shape index (κ2) is 19.0. The van der Waals surface area contributed by atoms with E-state index in [1.54, 1.807) is 6.08 Å². The van der Waals surface area contributed by atoms with Gasteiger partial charge in [-0.15, -0.1) is 0 Å². The van der Waals surface area contributed by atoms with Gasteiger partial charge in [0.1, 0.15) is 36.6 Å². The molecule has 7 N–H and O–H groups in total. The van der Waals surface area contributed by atoms with E-state index < -0.39 is 68.0 Å². The zero-order valence-electron chi connectivity index (χ0n) is 21.6. The molecular weight excluding hydrogens is 473 g/mol. The van der Waals surface area contributed by atoms with Crippen LogP contribution in [0.5, 0.6) is 0 Å². The van der Waals surface area contributed by atoms with Crippen molar-refractivity contribution in [3.63, 3.8) is 0 Å². The summed E-state index contributed by atoms with van der Waals surface area (Å²) in [4.78, 5) is 11.7. The zero-order valence-corrected chi connectivity index (χ0v) is 21.6. The fraction of sp³-hybridized carbons (Fsp3) is 0.885. The Bertz CT molecular complexity index is 608. The molecule has 0 spiro atoms. The highest BCUT2D eigenvalue weighted by Crippen LogP contribution is 2.25. The molecule has 1 aliphatic heterocycles. The summed E-state index contributed by atoms with van der Waals surface area (Å²) in [5.74, 6) is -1.08. The number of hydrogen-bond acceptors (Lipinski definition) is 8. The lowest BCUT2D eigenvalue weighted by molar-refractivity contribution is -0.253. The molecule has 1 rings (SSSR count). The summed E-state index contributed by atoms with van der Waals surface area (Å²) < 4.78 is 18.1. The molecule has 1 aliphatic rings. The smallest absolute Gasteiger partial charge is 0.251 e. The highest BCUT2D eigenvalue weighted by Gasteiger charge is 2.48. The lowest BCUT2D eigenvalue weighted by Gasteiger charge is -2.43. The van der Waals surface area contributed by atoms with Crippen molar-refractivity contribution in [2.24, 2.45) is 0 Å². The Morgan fingerprint density at radius 1 is 0.917 bits per heavy atom. The molecule has 8 atom stereocenters. The molecule has 1 fully saturated rings. The van der Waals surface area contributed by atoms with E-state index in [9.17, 15) is 39.8 Å². The van der Waals surface area contributed by atoms with E-state index in [4.69, 9.17) is 4.74 Å². The first kappa shape index (κ1) is 32.9. The molecule has 0 aromatic heterocycles. The van der Waals surface area contributed by atoms with Crippen LogP contribution in [0.2, 0.25) is 0 Å². The largest absolute Gasteiger partial charge is 0.394 e. The maximum Gasteiger partial charge on any atom is 0.251 e. The Hall–Kier alpha value is -1.14. The monoisotopic (exact) mass is 521 g/mol. The summed E-state index contributed by atoms with van der Waals surface area (Å²) in [6.45, 7) is 0.136. The molecule has 1 amide bonds. The van der Waals surface area contributed by atoms with Gasteiger partial charge in [0.05, 0.1) is 18.8 Å². The Morgan fingerprint density at radius 3 is 2.00 bits per heavy atom. The third kappa shape index (κ3) is 11.5. The van der Waals surface area contributed by atoms with Crippen molar-refractivity contribution in [1.29, 1.82) is 0 Å². The Balaban J connectivity index is 2.51. The SMILES string of the molecule is CCCCCCCCCCCCC/C=C/[C@@H](O)[C@@H](NC(=O)CF)C(O)C1O[C@H](CO)[C@@H](O)[C@H](O)[C@H]1O. The van der Waals surface area contributed by atoms with Gasteiger partial charge in [0.15, 0.2) is 6.67 Å². The van der Waals surface area contributed by atoms with Crippen molar-refractivity contribution in [3.8, 4) is 0 Å². The summed E-state index contributed by atoms with van der Waals surface area (Å²) in [7, 11) is 0. The van der Waals surface area contributed by atoms with Gasteiger partial charge in [-0.2, -0.15) is 0 Å². The van der Waals surface area contributed by atoms with E-state index in [2.05, 4.69) is 12.2 Å². The van der Waals surface area contributed by atoms with Gasteiger partial charge < -0.3 is 40.7 Å². The van der Waals surface area contributed by atoms with Crippen LogP contribution in [0.15, 0.2) is 12.2 Å². The molecule has 10 heteroatoms. The molecule has 2 unspecified atom stereocenters. The van der Waals surface area contributed by atoms with Crippen molar-refractivity contribution in [3.05, 3.63) is 12.2 Å². The number of carbonyl (C=O) groups excluding carboxylic acids is 1. The number of aliphatic hydroxyl groups is 6. The van der Waals surface area contributed by atoms with E-state index in [0.717, 1.165) is 19.3 Å². The summed E-state index contributed by atoms with van der Waals surface area (Å²) >= 11 is 0. The third-order valence-corrected chi connectivity index (χ3v) is 6.76. The molecule has 212 valence electrons. The first-order valence-electron chi connectivity index (χ1n) is 13.5. The van der Waals surface area contributed by atoms with Gasteiger partial charge in [-0.3, -0.25) is 4.79 Å². The zero-order chi connectivity index (χ0) is 26.9. The number of ether oxygens (including phenoxy) is 1. The van der Waals surface area contributed by atoms with Crippen molar-refractivity contribution in [1.82, 2.24) is 5.32 Å². The Labute approximate surface area is 214 Å². The van der Waals surface area contributed by atoms with Gasteiger partial charge in [-0.25, -0.2) is 4.39 Å². The van der Waals surface area contributed by atoms with E-state index in [1.807, 2.05) is 0 Å². The molecule has 0 radical (unpaired) electrons. The van der Waals surface area contributed by atoms with Gasteiger partial charge in [0, 0.05) is 0 Å². The molecule has 36 heavy (non-hydrogen) atoms. The summed E-state index contributed by atoms with van der Waals surface area (Å²) in [6.07, 6.45) is 5.95. The van der Waals surface area contributed by atoms with E-state index in [1.165, 1.54) is 57.4 Å². The molecule has 0 saturated carbocycles. The molecule has 1 saturated heterocycles. The summed E-state index contributed by atoms with van der Waals surface area (Å²) in [6, 6.07) is -1.46. The number of alkyl halides is 1. The van der Waals surface area contributed by atoms with Gasteiger partial charge in [-0.05, 0) is 12.8 Å². The van der Waals surface area contributed by atoms with Gasteiger partial charge in [0.2, 0.25) is 0 Å². The van der Waals surface area contributed by atoms with Crippen LogP contribution in [-0.2, 0) is 9.53 Å². The van der Waals surface area contributed by atoms with Crippen molar-refractivity contribution < 1.29 is 44.6 Å². The molecule has 9 nitrogen and oxygen atoms in total. The van der Waals surface area contributed by atoms with Crippen LogP contribution in [0.3, 0.4) is 0 Å². The second-order valence-corrected chi connectivity index (χ2v) is 9.75. The number of carbonyl (C=O) groups is 1. The van der Waals surface area contributed by atoms with Crippen LogP contribution in [0, 0.1) is 0 Å². The Kier molecular flexibility index (Phi) is 17.4. The quantitative estimate of drug-likeness (QED) is 0.0988. The first-order valence-corrected chi connectivity index (χ1v) is 13.5. The standard InChI is InChI=1S/C26H48FNO8/c1-2-3-4-5-6-7-8-9-10-11-12-13-14-15-18(30)21(28-20(31)16-27)23(33)26-25(35)24(34)22(32)19(17-29)36-26/h14-15,18-19,21-26,29-30,32-35H,2-13,16-17H2,1H3,(H,28,31)/b15-14+/t18-,19-,21-,22-,23?,24+,25-,26?/m1/s1. The molecular formula is C26H48FNO8. The average Bonchev–Trinajstić information content (AvgIpc) is 2.88. The maximum atomic E-state index is 12.8. The minimum atomic E-state index is -1.77. The van der Waals surface area contributed by atoms with E-state index in [-0.39, 0.29) is 0 Å². The number of allylic oxidation sites excluding steroid dienone is 1. The van der Waals surface area contributed by atoms with Gasteiger partial charge in [0.25, 0.3) is 5.91 Å². The molecule has 0 aromatic carbocycles.